The first kappa shape index (κ1) is 19.2. The van der Waals surface area contributed by atoms with Crippen molar-refractivity contribution in [2.75, 3.05) is 13.1 Å². The van der Waals surface area contributed by atoms with Gasteiger partial charge in [0.25, 0.3) is 5.91 Å². The van der Waals surface area contributed by atoms with E-state index in [9.17, 15) is 4.79 Å². The van der Waals surface area contributed by atoms with Gasteiger partial charge in [0.15, 0.2) is 0 Å². The number of hydrogen-bond acceptors (Lipinski definition) is 4. The molecule has 5 nitrogen and oxygen atoms in total. The standard InChI is InChI=1S/C21H19BrClN3O2/c1-13-17(8-3-9-18(13)23)21(27)26-10-4-6-15(12-26)20-24-19(25-28-20)14-5-2-7-16(22)11-14/h2-3,5,7-9,11,15H,4,6,10,12H2,1H3/t15-/m0/s1. The average molecular weight is 461 g/mol. The fourth-order valence-electron chi connectivity index (χ4n) is 3.52. The van der Waals surface area contributed by atoms with Crippen molar-refractivity contribution in [3.63, 3.8) is 0 Å². The molecular formula is C21H19BrClN3O2. The molecule has 1 aromatic heterocycles. The van der Waals surface area contributed by atoms with Crippen molar-refractivity contribution in [1.82, 2.24) is 15.0 Å². The molecule has 0 spiro atoms. The van der Waals surface area contributed by atoms with Gasteiger partial charge in [-0.3, -0.25) is 4.79 Å². The number of carbonyl (C=O) groups is 1. The zero-order chi connectivity index (χ0) is 19.7. The Morgan fingerprint density at radius 1 is 1.29 bits per heavy atom. The molecule has 1 fully saturated rings. The molecule has 0 aliphatic carbocycles. The summed E-state index contributed by atoms with van der Waals surface area (Å²) in [6.07, 6.45) is 1.81. The van der Waals surface area contributed by atoms with Crippen LogP contribution in [-0.2, 0) is 0 Å². The normalized spacial score (nSPS) is 17.0. The maximum Gasteiger partial charge on any atom is 0.254 e. The Kier molecular flexibility index (Phi) is 5.51. The molecule has 1 atom stereocenters. The van der Waals surface area contributed by atoms with Gasteiger partial charge in [-0.25, -0.2) is 0 Å². The van der Waals surface area contributed by atoms with Gasteiger partial charge < -0.3 is 9.42 Å². The molecule has 0 N–H and O–H groups in total. The Hall–Kier alpha value is -2.18. The lowest BCUT2D eigenvalue weighted by Gasteiger charge is -2.31. The first-order valence-electron chi connectivity index (χ1n) is 9.17. The van der Waals surface area contributed by atoms with Crippen molar-refractivity contribution >= 4 is 33.4 Å². The van der Waals surface area contributed by atoms with Crippen molar-refractivity contribution in [3.8, 4) is 11.4 Å². The van der Waals surface area contributed by atoms with Gasteiger partial charge >= 0.3 is 0 Å². The summed E-state index contributed by atoms with van der Waals surface area (Å²) in [5, 5.41) is 4.74. The smallest absolute Gasteiger partial charge is 0.254 e. The number of halogens is 2. The highest BCUT2D eigenvalue weighted by Gasteiger charge is 2.30. The minimum absolute atomic E-state index is 0.00331. The van der Waals surface area contributed by atoms with Crippen LogP contribution in [0.3, 0.4) is 0 Å². The van der Waals surface area contributed by atoms with Crippen LogP contribution in [-0.4, -0.2) is 34.0 Å². The number of piperidine rings is 1. The molecule has 2 aromatic carbocycles. The number of nitrogens with zero attached hydrogens (tertiary/aromatic N) is 3. The summed E-state index contributed by atoms with van der Waals surface area (Å²) in [5.74, 6) is 1.17. The van der Waals surface area contributed by atoms with Gasteiger partial charge in [0.2, 0.25) is 11.7 Å². The first-order chi connectivity index (χ1) is 13.5. The van der Waals surface area contributed by atoms with Gasteiger partial charge in [0, 0.05) is 33.7 Å². The van der Waals surface area contributed by atoms with E-state index in [4.69, 9.17) is 16.1 Å². The molecule has 1 amide bonds. The topological polar surface area (TPSA) is 59.2 Å². The summed E-state index contributed by atoms with van der Waals surface area (Å²) in [4.78, 5) is 19.5. The number of likely N-dealkylation sites (tertiary alicyclic amines) is 1. The molecule has 1 aliphatic rings. The third-order valence-corrected chi connectivity index (χ3v) is 5.98. The molecule has 0 radical (unpaired) electrons. The van der Waals surface area contributed by atoms with E-state index < -0.39 is 0 Å². The molecule has 0 unspecified atom stereocenters. The van der Waals surface area contributed by atoms with Crippen LogP contribution in [0.1, 0.15) is 40.6 Å². The molecule has 1 aliphatic heterocycles. The summed E-state index contributed by atoms with van der Waals surface area (Å²) in [6, 6.07) is 13.2. The molecule has 1 saturated heterocycles. The Morgan fingerprint density at radius 3 is 2.93 bits per heavy atom. The van der Waals surface area contributed by atoms with E-state index in [2.05, 4.69) is 26.1 Å². The van der Waals surface area contributed by atoms with Gasteiger partial charge in [-0.1, -0.05) is 50.9 Å². The quantitative estimate of drug-likeness (QED) is 0.519. The summed E-state index contributed by atoms with van der Waals surface area (Å²) in [5.41, 5.74) is 2.35. The zero-order valence-corrected chi connectivity index (χ0v) is 17.7. The van der Waals surface area contributed by atoms with Crippen LogP contribution < -0.4 is 0 Å². The molecular weight excluding hydrogens is 442 g/mol. The van der Waals surface area contributed by atoms with Crippen LogP contribution in [0.5, 0.6) is 0 Å². The van der Waals surface area contributed by atoms with Crippen LogP contribution in [0.25, 0.3) is 11.4 Å². The second-order valence-electron chi connectivity index (χ2n) is 6.97. The number of rotatable bonds is 3. The zero-order valence-electron chi connectivity index (χ0n) is 15.4. The highest BCUT2D eigenvalue weighted by Crippen LogP contribution is 2.30. The van der Waals surface area contributed by atoms with Crippen molar-refractivity contribution in [3.05, 3.63) is 69.0 Å². The van der Waals surface area contributed by atoms with Crippen molar-refractivity contribution in [1.29, 1.82) is 0 Å². The highest BCUT2D eigenvalue weighted by atomic mass is 79.9. The highest BCUT2D eigenvalue weighted by molar-refractivity contribution is 9.10. The number of aromatic nitrogens is 2. The SMILES string of the molecule is Cc1c(Cl)cccc1C(=O)N1CCC[C@H](c2nc(-c3cccc(Br)c3)no2)C1. The van der Waals surface area contributed by atoms with E-state index in [1.165, 1.54) is 0 Å². The van der Waals surface area contributed by atoms with Crippen LogP contribution >= 0.6 is 27.5 Å². The van der Waals surface area contributed by atoms with E-state index in [-0.39, 0.29) is 11.8 Å². The minimum Gasteiger partial charge on any atom is -0.339 e. The van der Waals surface area contributed by atoms with Crippen molar-refractivity contribution < 1.29 is 9.32 Å². The number of benzene rings is 2. The van der Waals surface area contributed by atoms with E-state index in [1.54, 1.807) is 6.07 Å². The summed E-state index contributed by atoms with van der Waals surface area (Å²) in [7, 11) is 0. The van der Waals surface area contributed by atoms with E-state index in [0.29, 0.717) is 35.4 Å². The molecule has 3 aromatic rings. The Morgan fingerprint density at radius 2 is 2.11 bits per heavy atom. The first-order valence-corrected chi connectivity index (χ1v) is 10.3. The summed E-state index contributed by atoms with van der Waals surface area (Å²) < 4.78 is 6.50. The Bertz CT molecular complexity index is 1020. The maximum atomic E-state index is 13.0. The monoisotopic (exact) mass is 459 g/mol. The summed E-state index contributed by atoms with van der Waals surface area (Å²) in [6.45, 7) is 3.15. The van der Waals surface area contributed by atoms with Gasteiger partial charge in [0.1, 0.15) is 0 Å². The third kappa shape index (κ3) is 3.84. The Balaban J connectivity index is 1.53. The van der Waals surface area contributed by atoms with Crippen molar-refractivity contribution in [2.24, 2.45) is 0 Å². The van der Waals surface area contributed by atoms with Gasteiger partial charge in [0.05, 0.1) is 5.92 Å². The molecule has 0 saturated carbocycles. The second-order valence-corrected chi connectivity index (χ2v) is 8.29. The number of carbonyl (C=O) groups excluding carboxylic acids is 1. The predicted octanol–water partition coefficient (Wildman–Crippen LogP) is 5.48. The molecule has 144 valence electrons. The summed E-state index contributed by atoms with van der Waals surface area (Å²) >= 11 is 9.65. The molecule has 0 bridgehead atoms. The van der Waals surface area contributed by atoms with E-state index >= 15 is 0 Å². The molecule has 7 heteroatoms. The van der Waals surface area contributed by atoms with Crippen LogP contribution in [0.2, 0.25) is 5.02 Å². The van der Waals surface area contributed by atoms with Gasteiger partial charge in [-0.15, -0.1) is 0 Å². The minimum atomic E-state index is -0.00331. The van der Waals surface area contributed by atoms with Gasteiger partial charge in [-0.05, 0) is 49.6 Å². The number of amides is 1. The van der Waals surface area contributed by atoms with Crippen LogP contribution in [0.15, 0.2) is 51.5 Å². The van der Waals surface area contributed by atoms with Crippen LogP contribution in [0, 0.1) is 6.92 Å². The van der Waals surface area contributed by atoms with Gasteiger partial charge in [-0.2, -0.15) is 4.98 Å². The fourth-order valence-corrected chi connectivity index (χ4v) is 4.09. The fraction of sp³-hybridized carbons (Fsp3) is 0.286. The molecule has 4 rings (SSSR count). The Labute approximate surface area is 176 Å². The van der Waals surface area contributed by atoms with Crippen LogP contribution in [0.4, 0.5) is 0 Å². The lowest BCUT2D eigenvalue weighted by Crippen LogP contribution is -2.39. The second kappa shape index (κ2) is 8.05. The largest absolute Gasteiger partial charge is 0.339 e. The number of hydrogen-bond donors (Lipinski definition) is 0. The van der Waals surface area contributed by atoms with E-state index in [1.807, 2.05) is 48.2 Å². The average Bonchev–Trinajstić information content (AvgIpc) is 3.20. The van der Waals surface area contributed by atoms with E-state index in [0.717, 1.165) is 28.4 Å². The predicted molar refractivity (Wildman–Crippen MR) is 112 cm³/mol. The maximum absolute atomic E-state index is 13.0. The lowest BCUT2D eigenvalue weighted by atomic mass is 9.96. The van der Waals surface area contributed by atoms with Crippen molar-refractivity contribution in [2.45, 2.75) is 25.7 Å². The molecule has 28 heavy (non-hydrogen) atoms. The molecule has 2 heterocycles. The third-order valence-electron chi connectivity index (χ3n) is 5.08. The lowest BCUT2D eigenvalue weighted by molar-refractivity contribution is 0.0695.